The molecule has 0 unspecified atom stereocenters. The summed E-state index contributed by atoms with van der Waals surface area (Å²) < 4.78 is 60.5. The Morgan fingerprint density at radius 2 is 1.54 bits per heavy atom. The van der Waals surface area contributed by atoms with Gasteiger partial charge in [0.1, 0.15) is 24.6 Å². The van der Waals surface area contributed by atoms with Crippen LogP contribution in [0.25, 0.3) is 11.1 Å². The fraction of sp³-hybridized carbons (Fsp3) is 0.444. The van der Waals surface area contributed by atoms with Gasteiger partial charge in [-0.05, 0) is 62.6 Å². The van der Waals surface area contributed by atoms with E-state index in [0.717, 1.165) is 18.2 Å². The average Bonchev–Trinajstić information content (AvgIpc) is 2.82. The van der Waals surface area contributed by atoms with Crippen LogP contribution in [0.5, 0.6) is 5.75 Å². The Bertz CT molecular complexity index is 1070. The minimum Gasteiger partial charge on any atom is -0.491 e. The van der Waals surface area contributed by atoms with Gasteiger partial charge in [0.2, 0.25) is 0 Å². The molecule has 0 N–H and O–H groups in total. The molecule has 0 aromatic heterocycles. The molecule has 0 spiro atoms. The van der Waals surface area contributed by atoms with Crippen molar-refractivity contribution < 1.29 is 46.5 Å². The van der Waals surface area contributed by atoms with E-state index in [0.29, 0.717) is 11.3 Å². The fourth-order valence-electron chi connectivity index (χ4n) is 3.31. The first-order valence-corrected chi connectivity index (χ1v) is 11.6. The summed E-state index contributed by atoms with van der Waals surface area (Å²) in [5, 5.41) is 0. The molecular formula is C27H31F3O7. The largest absolute Gasteiger partial charge is 0.491 e. The number of rotatable bonds is 12. The normalized spacial score (nSPS) is 11.6. The highest BCUT2D eigenvalue weighted by atomic mass is 19.4. The summed E-state index contributed by atoms with van der Waals surface area (Å²) in [5.74, 6) is -0.905. The third-order valence-electron chi connectivity index (χ3n) is 4.96. The Morgan fingerprint density at radius 3 is 2.14 bits per heavy atom. The van der Waals surface area contributed by atoms with E-state index >= 15 is 0 Å². The van der Waals surface area contributed by atoms with Crippen molar-refractivity contribution in [2.45, 2.75) is 51.8 Å². The SMILES string of the molecule is COC(=O)CCCC(=O)c1ccc(C(F)(F)F)cc1-c1ccc(OCCOCC(=O)OC(C)(C)C)cc1. The van der Waals surface area contributed by atoms with Crippen LogP contribution in [-0.2, 0) is 30.0 Å². The number of halogens is 3. The number of methoxy groups -OCH3 is 1. The predicted molar refractivity (Wildman–Crippen MR) is 129 cm³/mol. The monoisotopic (exact) mass is 524 g/mol. The van der Waals surface area contributed by atoms with E-state index in [9.17, 15) is 27.6 Å². The second kappa shape index (κ2) is 13.2. The first kappa shape index (κ1) is 29.8. The van der Waals surface area contributed by atoms with Crippen LogP contribution < -0.4 is 4.74 Å². The molecule has 0 amide bonds. The number of carbonyl (C=O) groups excluding carboxylic acids is 3. The van der Waals surface area contributed by atoms with Crippen molar-refractivity contribution in [3.8, 4) is 16.9 Å². The summed E-state index contributed by atoms with van der Waals surface area (Å²) in [4.78, 5) is 35.7. The van der Waals surface area contributed by atoms with Crippen LogP contribution in [0, 0.1) is 0 Å². The number of esters is 2. The van der Waals surface area contributed by atoms with Crippen LogP contribution in [0.1, 0.15) is 56.0 Å². The van der Waals surface area contributed by atoms with Gasteiger partial charge in [-0.2, -0.15) is 13.2 Å². The van der Waals surface area contributed by atoms with Crippen LogP contribution in [0.4, 0.5) is 13.2 Å². The summed E-state index contributed by atoms with van der Waals surface area (Å²) in [6, 6.07) is 9.20. The topological polar surface area (TPSA) is 88.1 Å². The Hall–Kier alpha value is -3.40. The summed E-state index contributed by atoms with van der Waals surface area (Å²) >= 11 is 0. The lowest BCUT2D eigenvalue weighted by Gasteiger charge is -2.19. The molecule has 0 aliphatic heterocycles. The van der Waals surface area contributed by atoms with Crippen LogP contribution >= 0.6 is 0 Å². The Morgan fingerprint density at radius 1 is 0.865 bits per heavy atom. The number of Topliss-reactive ketones (excluding diaryl/α,β-unsaturated/α-hetero) is 1. The van der Waals surface area contributed by atoms with Crippen LogP contribution in [0.2, 0.25) is 0 Å². The number of carbonyl (C=O) groups is 3. The van der Waals surface area contributed by atoms with Gasteiger partial charge >= 0.3 is 18.1 Å². The number of alkyl halides is 3. The lowest BCUT2D eigenvalue weighted by atomic mass is 9.93. The van der Waals surface area contributed by atoms with Crippen molar-refractivity contribution >= 4 is 17.7 Å². The fourth-order valence-corrected chi connectivity index (χ4v) is 3.31. The molecule has 0 saturated carbocycles. The van der Waals surface area contributed by atoms with E-state index < -0.39 is 29.3 Å². The van der Waals surface area contributed by atoms with Crippen LogP contribution in [0.3, 0.4) is 0 Å². The molecule has 2 aromatic carbocycles. The zero-order valence-corrected chi connectivity index (χ0v) is 21.3. The molecule has 0 atom stereocenters. The smallest absolute Gasteiger partial charge is 0.416 e. The Kier molecular flexibility index (Phi) is 10.7. The molecule has 0 saturated heterocycles. The van der Waals surface area contributed by atoms with Gasteiger partial charge in [0, 0.05) is 18.4 Å². The van der Waals surface area contributed by atoms with Gasteiger partial charge < -0.3 is 18.9 Å². The van der Waals surface area contributed by atoms with Gasteiger partial charge in [-0.1, -0.05) is 18.2 Å². The lowest BCUT2D eigenvalue weighted by molar-refractivity contribution is -0.160. The van der Waals surface area contributed by atoms with Gasteiger partial charge in [-0.15, -0.1) is 0 Å². The Balaban J connectivity index is 2.06. The van der Waals surface area contributed by atoms with Gasteiger partial charge in [0.05, 0.1) is 19.3 Å². The molecule has 0 radical (unpaired) electrons. The van der Waals surface area contributed by atoms with Gasteiger partial charge in [-0.3, -0.25) is 9.59 Å². The zero-order valence-electron chi connectivity index (χ0n) is 21.3. The van der Waals surface area contributed by atoms with Crippen molar-refractivity contribution in [2.75, 3.05) is 26.9 Å². The van der Waals surface area contributed by atoms with Crippen LogP contribution in [0.15, 0.2) is 42.5 Å². The van der Waals surface area contributed by atoms with E-state index in [4.69, 9.17) is 14.2 Å². The highest BCUT2D eigenvalue weighted by Crippen LogP contribution is 2.35. The maximum Gasteiger partial charge on any atom is 0.416 e. The summed E-state index contributed by atoms with van der Waals surface area (Å²) in [6.45, 7) is 5.29. The average molecular weight is 525 g/mol. The minimum absolute atomic E-state index is 0.0159. The molecule has 0 heterocycles. The third kappa shape index (κ3) is 10.2. The first-order valence-electron chi connectivity index (χ1n) is 11.6. The van der Waals surface area contributed by atoms with Gasteiger partial charge in [-0.25, -0.2) is 4.79 Å². The van der Waals surface area contributed by atoms with Crippen LogP contribution in [-0.4, -0.2) is 50.3 Å². The standard InChI is InChI=1S/C27H31F3O7/c1-26(2,3)37-25(33)17-35-14-15-36-20-11-8-18(9-12-20)22-16-19(27(28,29)30)10-13-21(22)23(31)6-5-7-24(32)34-4/h8-13,16H,5-7,14-15,17H2,1-4H3. The molecule has 0 fully saturated rings. The number of ketones is 1. The number of hydrogen-bond donors (Lipinski definition) is 0. The second-order valence-corrected chi connectivity index (χ2v) is 9.12. The quantitative estimate of drug-likeness (QED) is 0.202. The van der Waals surface area contributed by atoms with E-state index in [1.807, 2.05) is 0 Å². The Labute approximate surface area is 213 Å². The maximum absolute atomic E-state index is 13.3. The number of hydrogen-bond acceptors (Lipinski definition) is 7. The minimum atomic E-state index is -4.58. The van der Waals surface area contributed by atoms with Crippen molar-refractivity contribution in [3.05, 3.63) is 53.6 Å². The van der Waals surface area contributed by atoms with Gasteiger partial charge in [0.15, 0.2) is 5.78 Å². The van der Waals surface area contributed by atoms with Gasteiger partial charge in [0.25, 0.3) is 0 Å². The zero-order chi connectivity index (χ0) is 27.6. The van der Waals surface area contributed by atoms with E-state index in [-0.39, 0.29) is 56.0 Å². The van der Waals surface area contributed by atoms with E-state index in [1.165, 1.54) is 7.11 Å². The van der Waals surface area contributed by atoms with Crippen molar-refractivity contribution in [1.29, 1.82) is 0 Å². The molecule has 202 valence electrons. The first-order chi connectivity index (χ1) is 17.3. The summed E-state index contributed by atoms with van der Waals surface area (Å²) in [6.07, 6.45) is -4.35. The number of ether oxygens (including phenoxy) is 4. The molecule has 2 aromatic rings. The summed E-state index contributed by atoms with van der Waals surface area (Å²) in [7, 11) is 1.24. The molecule has 10 heteroatoms. The van der Waals surface area contributed by atoms with Crippen molar-refractivity contribution in [2.24, 2.45) is 0 Å². The van der Waals surface area contributed by atoms with Crippen molar-refractivity contribution in [1.82, 2.24) is 0 Å². The summed E-state index contributed by atoms with van der Waals surface area (Å²) in [5.41, 5.74) is -0.828. The molecular weight excluding hydrogens is 493 g/mol. The molecule has 0 bridgehead atoms. The molecule has 0 aliphatic rings. The maximum atomic E-state index is 13.3. The van der Waals surface area contributed by atoms with Crippen molar-refractivity contribution in [3.63, 3.8) is 0 Å². The molecule has 37 heavy (non-hydrogen) atoms. The lowest BCUT2D eigenvalue weighted by Crippen LogP contribution is -2.27. The van der Waals surface area contributed by atoms with E-state index in [1.54, 1.807) is 45.0 Å². The molecule has 2 rings (SSSR count). The van der Waals surface area contributed by atoms with E-state index in [2.05, 4.69) is 4.74 Å². The highest BCUT2D eigenvalue weighted by molar-refractivity contribution is 6.02. The third-order valence-corrected chi connectivity index (χ3v) is 4.96. The molecule has 0 aliphatic carbocycles. The highest BCUT2D eigenvalue weighted by Gasteiger charge is 2.31. The predicted octanol–water partition coefficient (Wildman–Crippen LogP) is 5.64. The second-order valence-electron chi connectivity index (χ2n) is 9.12. The number of benzene rings is 2. The molecule has 7 nitrogen and oxygen atoms in total.